The molecule has 0 aromatic carbocycles. The number of allylic oxidation sites excluding steroid dienone is 8. The SMILES string of the molecule is C/C(=C/C1=C(F)/C=C/CC(C)C=C1)C(F)(F)F. The highest BCUT2D eigenvalue weighted by molar-refractivity contribution is 5.41. The molecule has 94 valence electrons. The van der Waals surface area contributed by atoms with Gasteiger partial charge in [-0.3, -0.25) is 0 Å². The fourth-order valence-electron chi connectivity index (χ4n) is 1.34. The Labute approximate surface area is 98.0 Å². The summed E-state index contributed by atoms with van der Waals surface area (Å²) >= 11 is 0. The second kappa shape index (κ2) is 5.34. The van der Waals surface area contributed by atoms with E-state index >= 15 is 0 Å². The van der Waals surface area contributed by atoms with Gasteiger partial charge in [0, 0.05) is 11.1 Å². The molecular formula is C13H14F4. The predicted octanol–water partition coefficient (Wildman–Crippen LogP) is 4.87. The molecule has 1 aliphatic carbocycles. The minimum Gasteiger partial charge on any atom is -0.206 e. The molecule has 0 spiro atoms. The first-order chi connectivity index (χ1) is 7.80. The first-order valence-corrected chi connectivity index (χ1v) is 5.30. The van der Waals surface area contributed by atoms with Crippen LogP contribution in [-0.2, 0) is 0 Å². The van der Waals surface area contributed by atoms with Crippen molar-refractivity contribution in [1.82, 2.24) is 0 Å². The maximum Gasteiger partial charge on any atom is 0.412 e. The summed E-state index contributed by atoms with van der Waals surface area (Å²) in [6.45, 7) is 2.85. The Hall–Kier alpha value is -1.32. The molecule has 4 heteroatoms. The maximum atomic E-state index is 13.5. The van der Waals surface area contributed by atoms with E-state index in [-0.39, 0.29) is 11.5 Å². The van der Waals surface area contributed by atoms with Crippen molar-refractivity contribution >= 4 is 0 Å². The van der Waals surface area contributed by atoms with Gasteiger partial charge in [-0.2, -0.15) is 13.2 Å². The third-order valence-electron chi connectivity index (χ3n) is 2.47. The Morgan fingerprint density at radius 2 is 2.00 bits per heavy atom. The first-order valence-electron chi connectivity index (χ1n) is 5.30. The zero-order chi connectivity index (χ0) is 13.1. The van der Waals surface area contributed by atoms with E-state index in [0.29, 0.717) is 6.42 Å². The molecule has 0 N–H and O–H groups in total. The predicted molar refractivity (Wildman–Crippen MR) is 60.0 cm³/mol. The Morgan fingerprint density at radius 3 is 2.59 bits per heavy atom. The zero-order valence-corrected chi connectivity index (χ0v) is 9.68. The lowest BCUT2D eigenvalue weighted by Crippen LogP contribution is -2.09. The number of rotatable bonds is 1. The topological polar surface area (TPSA) is 0 Å². The van der Waals surface area contributed by atoms with Crippen molar-refractivity contribution in [2.75, 3.05) is 0 Å². The van der Waals surface area contributed by atoms with Crippen LogP contribution in [0.4, 0.5) is 17.6 Å². The lowest BCUT2D eigenvalue weighted by Gasteiger charge is -2.09. The van der Waals surface area contributed by atoms with Crippen LogP contribution >= 0.6 is 0 Å². The van der Waals surface area contributed by atoms with Gasteiger partial charge in [-0.15, -0.1) is 0 Å². The zero-order valence-electron chi connectivity index (χ0n) is 9.68. The summed E-state index contributed by atoms with van der Waals surface area (Å²) < 4.78 is 50.5. The van der Waals surface area contributed by atoms with Crippen molar-refractivity contribution in [3.05, 3.63) is 47.4 Å². The van der Waals surface area contributed by atoms with Gasteiger partial charge >= 0.3 is 6.18 Å². The van der Waals surface area contributed by atoms with Gasteiger partial charge in [0.15, 0.2) is 0 Å². The summed E-state index contributed by atoms with van der Waals surface area (Å²) in [5, 5.41) is 0. The molecule has 1 atom stereocenters. The Morgan fingerprint density at radius 1 is 1.35 bits per heavy atom. The second-order valence-corrected chi connectivity index (χ2v) is 4.10. The summed E-state index contributed by atoms with van der Waals surface area (Å²) in [5.74, 6) is -0.453. The smallest absolute Gasteiger partial charge is 0.206 e. The number of halogens is 4. The largest absolute Gasteiger partial charge is 0.412 e. The van der Waals surface area contributed by atoms with Crippen LogP contribution in [0.5, 0.6) is 0 Å². The van der Waals surface area contributed by atoms with E-state index in [1.807, 2.05) is 6.92 Å². The molecule has 0 fully saturated rings. The number of hydrogen-bond acceptors (Lipinski definition) is 0. The van der Waals surface area contributed by atoms with Gasteiger partial charge in [-0.05, 0) is 31.4 Å². The van der Waals surface area contributed by atoms with Gasteiger partial charge in [0.25, 0.3) is 0 Å². The quantitative estimate of drug-likeness (QED) is 0.579. The Bertz CT molecular complexity index is 394. The lowest BCUT2D eigenvalue weighted by atomic mass is 10.0. The molecule has 0 bridgehead atoms. The molecule has 17 heavy (non-hydrogen) atoms. The average molecular weight is 246 g/mol. The van der Waals surface area contributed by atoms with Crippen LogP contribution in [0.1, 0.15) is 20.3 Å². The van der Waals surface area contributed by atoms with Crippen molar-refractivity contribution < 1.29 is 17.6 Å². The van der Waals surface area contributed by atoms with Crippen LogP contribution in [0.25, 0.3) is 0 Å². The molecule has 1 rings (SSSR count). The summed E-state index contributed by atoms with van der Waals surface area (Å²) in [5.41, 5.74) is -0.850. The molecule has 0 radical (unpaired) electrons. The van der Waals surface area contributed by atoms with E-state index in [1.165, 1.54) is 12.2 Å². The first kappa shape index (κ1) is 13.7. The van der Waals surface area contributed by atoms with Gasteiger partial charge in [0.2, 0.25) is 0 Å². The van der Waals surface area contributed by atoms with Crippen LogP contribution < -0.4 is 0 Å². The molecule has 0 saturated carbocycles. The van der Waals surface area contributed by atoms with Gasteiger partial charge in [-0.1, -0.05) is 25.2 Å². The molecule has 0 heterocycles. The van der Waals surface area contributed by atoms with Gasteiger partial charge in [-0.25, -0.2) is 4.39 Å². The van der Waals surface area contributed by atoms with E-state index in [1.54, 1.807) is 12.2 Å². The van der Waals surface area contributed by atoms with Crippen molar-refractivity contribution in [2.24, 2.45) is 5.92 Å². The van der Waals surface area contributed by atoms with Gasteiger partial charge < -0.3 is 0 Å². The molecule has 0 aromatic heterocycles. The molecule has 0 saturated heterocycles. The monoisotopic (exact) mass is 246 g/mol. The summed E-state index contributed by atoms with van der Waals surface area (Å²) in [6, 6.07) is 0. The van der Waals surface area contributed by atoms with Gasteiger partial charge in [0.05, 0.1) is 0 Å². The van der Waals surface area contributed by atoms with Crippen molar-refractivity contribution in [1.29, 1.82) is 0 Å². The summed E-state index contributed by atoms with van der Waals surface area (Å²) in [7, 11) is 0. The van der Waals surface area contributed by atoms with E-state index in [4.69, 9.17) is 0 Å². The third kappa shape index (κ3) is 4.21. The highest BCUT2D eigenvalue weighted by Crippen LogP contribution is 2.28. The molecule has 1 unspecified atom stereocenters. The molecular weight excluding hydrogens is 232 g/mol. The Kier molecular flexibility index (Phi) is 4.32. The van der Waals surface area contributed by atoms with Crippen molar-refractivity contribution in [2.45, 2.75) is 26.4 Å². The highest BCUT2D eigenvalue weighted by Gasteiger charge is 2.30. The maximum absolute atomic E-state index is 13.5. The van der Waals surface area contributed by atoms with Crippen LogP contribution in [0.2, 0.25) is 0 Å². The fourth-order valence-corrected chi connectivity index (χ4v) is 1.34. The van der Waals surface area contributed by atoms with Crippen LogP contribution in [0, 0.1) is 5.92 Å². The molecule has 0 aliphatic heterocycles. The number of alkyl halides is 3. The normalized spacial score (nSPS) is 28.8. The molecule has 0 nitrogen and oxygen atoms in total. The van der Waals surface area contributed by atoms with E-state index in [2.05, 4.69) is 0 Å². The summed E-state index contributed by atoms with van der Waals surface area (Å²) in [4.78, 5) is 0. The average Bonchev–Trinajstić information content (AvgIpc) is 2.20. The van der Waals surface area contributed by atoms with Crippen LogP contribution in [0.3, 0.4) is 0 Å². The second-order valence-electron chi connectivity index (χ2n) is 4.10. The van der Waals surface area contributed by atoms with Crippen molar-refractivity contribution in [3.63, 3.8) is 0 Å². The lowest BCUT2D eigenvalue weighted by molar-refractivity contribution is -0.0913. The minimum atomic E-state index is -4.42. The highest BCUT2D eigenvalue weighted by atomic mass is 19.4. The number of hydrogen-bond donors (Lipinski definition) is 0. The summed E-state index contributed by atoms with van der Waals surface area (Å²) in [6.07, 6.45) is 3.04. The molecule has 1 aliphatic rings. The van der Waals surface area contributed by atoms with E-state index < -0.39 is 17.6 Å². The molecule has 0 amide bonds. The Balaban J connectivity index is 3.09. The minimum absolute atomic E-state index is 0.0392. The van der Waals surface area contributed by atoms with Crippen LogP contribution in [-0.4, -0.2) is 6.18 Å². The fraction of sp³-hybridized carbons (Fsp3) is 0.385. The van der Waals surface area contributed by atoms with E-state index in [9.17, 15) is 17.6 Å². The van der Waals surface area contributed by atoms with E-state index in [0.717, 1.165) is 13.0 Å². The standard InChI is InChI=1S/C13H14F4/c1-9-4-3-5-12(14)11(7-6-9)8-10(2)13(15,16)17/h3,5-9H,4H2,1-2H3/b5-3+,7-6?,10-8-,12-11-. The van der Waals surface area contributed by atoms with Crippen molar-refractivity contribution in [3.8, 4) is 0 Å². The third-order valence-corrected chi connectivity index (χ3v) is 2.47. The molecule has 0 aromatic rings. The van der Waals surface area contributed by atoms with Crippen LogP contribution in [0.15, 0.2) is 47.4 Å². The van der Waals surface area contributed by atoms with Gasteiger partial charge in [0.1, 0.15) is 5.83 Å².